The molecule has 0 spiro atoms. The van der Waals surface area contributed by atoms with Gasteiger partial charge in [-0.15, -0.1) is 0 Å². The van der Waals surface area contributed by atoms with Gasteiger partial charge in [-0.05, 0) is 72.1 Å². The molecule has 2 heterocycles. The Hall–Kier alpha value is -3.22. The number of aromatic hydroxyl groups is 1. The summed E-state index contributed by atoms with van der Waals surface area (Å²) in [6.07, 6.45) is 9.37. The molecule has 6 nitrogen and oxygen atoms in total. The van der Waals surface area contributed by atoms with Crippen LogP contribution in [0.3, 0.4) is 0 Å². The summed E-state index contributed by atoms with van der Waals surface area (Å²) in [6, 6.07) is 17.6. The molecule has 0 aromatic heterocycles. The van der Waals surface area contributed by atoms with Gasteiger partial charge < -0.3 is 14.6 Å². The van der Waals surface area contributed by atoms with Crippen molar-refractivity contribution in [2.75, 3.05) is 20.3 Å². The summed E-state index contributed by atoms with van der Waals surface area (Å²) in [6.45, 7) is 0.938. The summed E-state index contributed by atoms with van der Waals surface area (Å²) < 4.78 is 12.1. The predicted octanol–water partition coefficient (Wildman–Crippen LogP) is 6.01. The third-order valence-electron chi connectivity index (χ3n) is 9.33. The number of likely N-dealkylation sites (tertiary alicyclic amines) is 1. The molecule has 4 atom stereocenters. The van der Waals surface area contributed by atoms with Crippen molar-refractivity contribution in [2.45, 2.75) is 63.5 Å². The number of ether oxygens (including phenoxy) is 2. The molecule has 2 aliphatic carbocycles. The topological polar surface area (TPSA) is 76.1 Å². The van der Waals surface area contributed by atoms with Crippen LogP contribution in [0, 0.1) is 17.8 Å². The number of methoxy groups -OCH3 is 1. The summed E-state index contributed by atoms with van der Waals surface area (Å²) >= 11 is 0. The van der Waals surface area contributed by atoms with E-state index in [1.165, 1.54) is 12.0 Å². The highest BCUT2D eigenvalue weighted by molar-refractivity contribution is 6.06. The van der Waals surface area contributed by atoms with Crippen LogP contribution in [0.4, 0.5) is 0 Å². The molecule has 2 aliphatic heterocycles. The van der Waals surface area contributed by atoms with Gasteiger partial charge >= 0.3 is 0 Å². The predicted molar refractivity (Wildman–Crippen MR) is 154 cm³/mol. The average molecular weight is 542 g/mol. The first kappa shape index (κ1) is 27.0. The minimum absolute atomic E-state index is 0.0263. The van der Waals surface area contributed by atoms with Gasteiger partial charge in [-0.1, -0.05) is 67.8 Å². The Morgan fingerprint density at radius 3 is 2.58 bits per heavy atom. The fourth-order valence-electron chi connectivity index (χ4n) is 7.56. The van der Waals surface area contributed by atoms with Crippen molar-refractivity contribution in [3.8, 4) is 5.75 Å². The fourth-order valence-corrected chi connectivity index (χ4v) is 7.56. The van der Waals surface area contributed by atoms with Crippen molar-refractivity contribution in [2.24, 2.45) is 17.8 Å². The van der Waals surface area contributed by atoms with E-state index in [9.17, 15) is 14.7 Å². The van der Waals surface area contributed by atoms with Crippen molar-refractivity contribution in [1.82, 2.24) is 4.90 Å². The molecule has 0 radical (unpaired) electrons. The number of carbonyl (C=O) groups excluding carboxylic acids is 2. The summed E-state index contributed by atoms with van der Waals surface area (Å²) in [5, 5.41) is 10.0. The summed E-state index contributed by atoms with van der Waals surface area (Å²) in [7, 11) is 1.70. The quantitative estimate of drug-likeness (QED) is 0.252. The van der Waals surface area contributed by atoms with Crippen LogP contribution >= 0.6 is 0 Å². The third-order valence-corrected chi connectivity index (χ3v) is 9.33. The molecule has 0 bridgehead atoms. The lowest BCUT2D eigenvalue weighted by molar-refractivity contribution is -0.143. The largest absolute Gasteiger partial charge is 0.508 e. The minimum atomic E-state index is -0.313. The number of rotatable bonds is 8. The monoisotopic (exact) mass is 541 g/mol. The second-order valence-corrected chi connectivity index (χ2v) is 11.8. The second-order valence-electron chi connectivity index (χ2n) is 11.8. The molecular weight excluding hydrogens is 502 g/mol. The van der Waals surface area contributed by atoms with Gasteiger partial charge in [0.2, 0.25) is 11.8 Å². The number of phenolic OH excluding ortho intramolecular Hbond substituents is 1. The lowest BCUT2D eigenvalue weighted by atomic mass is 9.69. The third kappa shape index (κ3) is 5.15. The van der Waals surface area contributed by atoms with E-state index in [-0.39, 0.29) is 47.5 Å². The highest BCUT2D eigenvalue weighted by atomic mass is 16.5. The van der Waals surface area contributed by atoms with Crippen molar-refractivity contribution in [1.29, 1.82) is 0 Å². The average Bonchev–Trinajstić information content (AvgIpc) is 3.50. The zero-order valence-corrected chi connectivity index (χ0v) is 23.3. The Balaban J connectivity index is 1.26. The van der Waals surface area contributed by atoms with Crippen LogP contribution < -0.4 is 0 Å². The SMILES string of the molecule is COCC1=C2[C@@H](CC/C(=C/c3cccc(O)c3)c3ccccc3)OC[C@@H]2[C@@H]2C(=O)N(C3CCCCC3)C(=O)[C@@H]2C1. The standard InChI is InChI=1S/C34H39NO5/c1-39-20-25-19-28-32(34(38)35(33(28)37)26-12-6-3-7-13-26)29-21-40-30(31(25)29)16-15-24(23-10-4-2-5-11-23)17-22-9-8-14-27(36)18-22/h2,4-5,8-11,14,17-18,26,28-30,32,36H,3,6-7,12-13,15-16,19-21H2,1H3/b24-17-/t28-,29+,30-,32-/m1/s1. The molecule has 2 amide bonds. The number of benzene rings is 2. The van der Waals surface area contributed by atoms with E-state index >= 15 is 0 Å². The molecule has 2 aromatic rings. The summed E-state index contributed by atoms with van der Waals surface area (Å²) in [5.74, 6) is -0.369. The Morgan fingerprint density at radius 1 is 1.02 bits per heavy atom. The van der Waals surface area contributed by atoms with E-state index < -0.39 is 0 Å². The Labute approximate surface area is 236 Å². The van der Waals surface area contributed by atoms with E-state index in [0.29, 0.717) is 19.6 Å². The van der Waals surface area contributed by atoms with Crippen LogP contribution in [-0.2, 0) is 19.1 Å². The first-order valence-electron chi connectivity index (χ1n) is 14.8. The van der Waals surface area contributed by atoms with Crippen molar-refractivity contribution in [3.63, 3.8) is 0 Å². The van der Waals surface area contributed by atoms with Gasteiger partial charge in [-0.25, -0.2) is 0 Å². The lowest BCUT2D eigenvalue weighted by Gasteiger charge is -2.31. The Morgan fingerprint density at radius 2 is 1.82 bits per heavy atom. The molecular formula is C34H39NO5. The van der Waals surface area contributed by atoms with E-state index in [2.05, 4.69) is 18.2 Å². The zero-order valence-electron chi connectivity index (χ0n) is 23.3. The molecule has 6 rings (SSSR count). The van der Waals surface area contributed by atoms with E-state index in [1.54, 1.807) is 24.1 Å². The molecule has 0 unspecified atom stereocenters. The number of carbonyl (C=O) groups is 2. The number of nitrogens with zero attached hydrogens (tertiary/aromatic N) is 1. The first-order valence-corrected chi connectivity index (χ1v) is 14.8. The van der Waals surface area contributed by atoms with E-state index in [0.717, 1.165) is 60.8 Å². The summed E-state index contributed by atoms with van der Waals surface area (Å²) in [4.78, 5) is 29.1. The lowest BCUT2D eigenvalue weighted by Crippen LogP contribution is -2.42. The highest BCUT2D eigenvalue weighted by Crippen LogP contribution is 2.51. The maximum Gasteiger partial charge on any atom is 0.234 e. The van der Waals surface area contributed by atoms with Crippen LogP contribution in [0.15, 0.2) is 65.7 Å². The molecule has 4 aliphatic rings. The van der Waals surface area contributed by atoms with Gasteiger partial charge in [0.1, 0.15) is 5.75 Å². The van der Waals surface area contributed by atoms with Crippen molar-refractivity contribution in [3.05, 3.63) is 76.9 Å². The van der Waals surface area contributed by atoms with Gasteiger partial charge in [0, 0.05) is 19.1 Å². The summed E-state index contributed by atoms with van der Waals surface area (Å²) in [5.41, 5.74) is 5.58. The molecule has 3 fully saturated rings. The van der Waals surface area contributed by atoms with Gasteiger partial charge in [0.15, 0.2) is 0 Å². The van der Waals surface area contributed by atoms with Gasteiger partial charge in [-0.2, -0.15) is 0 Å². The Kier molecular flexibility index (Phi) is 7.90. The number of fused-ring (bicyclic) bond motifs is 3. The van der Waals surface area contributed by atoms with Crippen molar-refractivity contribution >= 4 is 23.5 Å². The van der Waals surface area contributed by atoms with Gasteiger partial charge in [0.25, 0.3) is 0 Å². The maximum atomic E-state index is 13.8. The normalized spacial score (nSPS) is 27.3. The highest BCUT2D eigenvalue weighted by Gasteiger charge is 2.58. The molecule has 2 saturated heterocycles. The van der Waals surface area contributed by atoms with Crippen LogP contribution in [0.1, 0.15) is 62.5 Å². The number of hydrogen-bond acceptors (Lipinski definition) is 5. The van der Waals surface area contributed by atoms with Crippen molar-refractivity contribution < 1.29 is 24.2 Å². The fraction of sp³-hybridized carbons (Fsp3) is 0.471. The second kappa shape index (κ2) is 11.7. The molecule has 1 N–H and O–H groups in total. The van der Waals surface area contributed by atoms with Crippen LogP contribution in [0.2, 0.25) is 0 Å². The molecule has 40 heavy (non-hydrogen) atoms. The number of hydrogen-bond donors (Lipinski definition) is 1. The maximum absolute atomic E-state index is 13.8. The van der Waals surface area contributed by atoms with Crippen LogP contribution in [0.5, 0.6) is 5.75 Å². The first-order chi connectivity index (χ1) is 19.5. The Bertz CT molecular complexity index is 1310. The number of phenols is 1. The van der Waals surface area contributed by atoms with E-state index in [4.69, 9.17) is 9.47 Å². The number of allylic oxidation sites excluding steroid dienone is 1. The van der Waals surface area contributed by atoms with E-state index in [1.807, 2.05) is 30.3 Å². The smallest absolute Gasteiger partial charge is 0.234 e. The molecule has 2 aromatic carbocycles. The van der Waals surface area contributed by atoms with Crippen LogP contribution in [-0.4, -0.2) is 54.3 Å². The van der Waals surface area contributed by atoms with Crippen LogP contribution in [0.25, 0.3) is 11.6 Å². The molecule has 210 valence electrons. The molecule has 1 saturated carbocycles. The zero-order chi connectivity index (χ0) is 27.6. The van der Waals surface area contributed by atoms with Gasteiger partial charge in [-0.3, -0.25) is 14.5 Å². The van der Waals surface area contributed by atoms with Gasteiger partial charge in [0.05, 0.1) is 31.2 Å². The number of imide groups is 1. The molecule has 6 heteroatoms. The minimum Gasteiger partial charge on any atom is -0.508 e. The number of amides is 2.